The molecule has 0 aliphatic carbocycles. The molecule has 2 aromatic rings. The van der Waals surface area contributed by atoms with E-state index in [1.807, 2.05) is 40.1 Å². The molecule has 164 valence electrons. The average Bonchev–Trinajstić information content (AvgIpc) is 3.21. The highest BCUT2D eigenvalue weighted by Crippen LogP contribution is 2.34. The van der Waals surface area contributed by atoms with E-state index in [-0.39, 0.29) is 18.5 Å². The Morgan fingerprint density at radius 3 is 2.87 bits per heavy atom. The number of carbonyl (C=O) groups excluding carboxylic acids is 1. The van der Waals surface area contributed by atoms with E-state index in [1.165, 1.54) is 10.4 Å². The lowest BCUT2D eigenvalue weighted by molar-refractivity contribution is -0.136. The van der Waals surface area contributed by atoms with Crippen molar-refractivity contribution in [3.05, 3.63) is 52.2 Å². The zero-order valence-electron chi connectivity index (χ0n) is 17.8. The van der Waals surface area contributed by atoms with Gasteiger partial charge in [0.1, 0.15) is 12.4 Å². The van der Waals surface area contributed by atoms with Crippen molar-refractivity contribution in [1.29, 1.82) is 0 Å². The molecular weight excluding hydrogens is 400 g/mol. The first-order valence-electron chi connectivity index (χ1n) is 10.5. The second kappa shape index (κ2) is 11.5. The molecule has 0 bridgehead atoms. The summed E-state index contributed by atoms with van der Waals surface area (Å²) in [5.41, 5.74) is 1.19. The van der Waals surface area contributed by atoms with Crippen molar-refractivity contribution in [2.45, 2.75) is 31.9 Å². The fraction of sp³-hybridized carbons (Fsp3) is 0.522. The topological polar surface area (TPSA) is 62.2 Å². The lowest BCUT2D eigenvalue weighted by Crippen LogP contribution is -2.47. The normalized spacial score (nSPS) is 17.1. The highest BCUT2D eigenvalue weighted by molar-refractivity contribution is 7.10. The van der Waals surface area contributed by atoms with Crippen LogP contribution < -0.4 is 4.74 Å². The summed E-state index contributed by atoms with van der Waals surface area (Å²) in [6, 6.07) is 11.7. The first-order chi connectivity index (χ1) is 14.6. The van der Waals surface area contributed by atoms with Crippen LogP contribution in [0.4, 0.5) is 0 Å². The van der Waals surface area contributed by atoms with E-state index in [0.29, 0.717) is 32.8 Å². The van der Waals surface area contributed by atoms with Crippen molar-refractivity contribution in [1.82, 2.24) is 9.80 Å². The molecule has 1 aliphatic heterocycles. The van der Waals surface area contributed by atoms with Crippen LogP contribution in [0.25, 0.3) is 0 Å². The molecule has 0 fully saturated rings. The van der Waals surface area contributed by atoms with Gasteiger partial charge in [0.25, 0.3) is 0 Å². The van der Waals surface area contributed by atoms with Crippen LogP contribution >= 0.6 is 11.3 Å². The van der Waals surface area contributed by atoms with E-state index < -0.39 is 6.10 Å². The molecule has 7 heteroatoms. The quantitative estimate of drug-likeness (QED) is 0.553. The zero-order valence-corrected chi connectivity index (χ0v) is 18.6. The summed E-state index contributed by atoms with van der Waals surface area (Å²) in [5.74, 6) is 0.883. The van der Waals surface area contributed by atoms with Gasteiger partial charge in [-0.15, -0.1) is 11.3 Å². The second-order valence-corrected chi connectivity index (χ2v) is 8.71. The smallest absolute Gasteiger partial charge is 0.237 e. The van der Waals surface area contributed by atoms with Crippen LogP contribution in [0.5, 0.6) is 5.75 Å². The molecule has 30 heavy (non-hydrogen) atoms. The van der Waals surface area contributed by atoms with Crippen molar-refractivity contribution >= 4 is 17.2 Å². The van der Waals surface area contributed by atoms with Crippen molar-refractivity contribution < 1.29 is 19.4 Å². The van der Waals surface area contributed by atoms with Crippen LogP contribution in [0.3, 0.4) is 0 Å². The molecular formula is C23H32N2O4S. The summed E-state index contributed by atoms with van der Waals surface area (Å²) in [6.07, 6.45) is 1.22. The molecule has 2 unspecified atom stereocenters. The van der Waals surface area contributed by atoms with Crippen LogP contribution in [0.2, 0.25) is 0 Å². The van der Waals surface area contributed by atoms with Gasteiger partial charge < -0.3 is 19.5 Å². The van der Waals surface area contributed by atoms with Crippen molar-refractivity contribution in [2.24, 2.45) is 0 Å². The molecule has 6 nitrogen and oxygen atoms in total. The molecule has 1 aromatic carbocycles. The average molecular weight is 433 g/mol. The van der Waals surface area contributed by atoms with Crippen LogP contribution in [0, 0.1) is 0 Å². The van der Waals surface area contributed by atoms with Gasteiger partial charge >= 0.3 is 0 Å². The molecule has 2 atom stereocenters. The summed E-state index contributed by atoms with van der Waals surface area (Å²) in [6.45, 7) is 4.99. The van der Waals surface area contributed by atoms with E-state index in [9.17, 15) is 9.90 Å². The van der Waals surface area contributed by atoms with E-state index in [4.69, 9.17) is 9.47 Å². The fourth-order valence-electron chi connectivity index (χ4n) is 3.89. The number of ether oxygens (including phenoxy) is 2. The number of thiophene rings is 1. The van der Waals surface area contributed by atoms with Gasteiger partial charge in [0, 0.05) is 38.2 Å². The maximum absolute atomic E-state index is 13.3. The largest absolute Gasteiger partial charge is 0.491 e. The molecule has 2 heterocycles. The Kier molecular flexibility index (Phi) is 8.69. The highest BCUT2D eigenvalue weighted by Gasteiger charge is 2.32. The van der Waals surface area contributed by atoms with Crippen LogP contribution in [-0.4, -0.2) is 73.4 Å². The first-order valence-corrected chi connectivity index (χ1v) is 11.4. The van der Waals surface area contributed by atoms with Crippen LogP contribution in [0.15, 0.2) is 41.8 Å². The van der Waals surface area contributed by atoms with E-state index in [2.05, 4.69) is 11.4 Å². The number of aliphatic hydroxyl groups excluding tert-OH is 1. The number of nitrogens with zero attached hydrogens (tertiary/aromatic N) is 2. The summed E-state index contributed by atoms with van der Waals surface area (Å²) in [7, 11) is 1.67. The molecule has 0 saturated heterocycles. The predicted octanol–water partition coefficient (Wildman–Crippen LogP) is 2.97. The molecule has 1 aromatic heterocycles. The van der Waals surface area contributed by atoms with Gasteiger partial charge in [-0.25, -0.2) is 0 Å². The third kappa shape index (κ3) is 6.28. The summed E-state index contributed by atoms with van der Waals surface area (Å²) < 4.78 is 11.2. The number of methoxy groups -OCH3 is 1. The molecule has 1 amide bonds. The van der Waals surface area contributed by atoms with Gasteiger partial charge in [0.05, 0.1) is 18.7 Å². The Morgan fingerprint density at radius 2 is 2.13 bits per heavy atom. The third-order valence-corrected chi connectivity index (χ3v) is 6.27. The Balaban J connectivity index is 1.69. The first kappa shape index (κ1) is 22.7. The number of rotatable bonds is 11. The number of amides is 1. The second-order valence-electron chi connectivity index (χ2n) is 7.71. The maximum Gasteiger partial charge on any atom is 0.237 e. The minimum atomic E-state index is -0.484. The number of hydrogen-bond acceptors (Lipinski definition) is 6. The number of aliphatic hydroxyl groups is 1. The third-order valence-electron chi connectivity index (χ3n) is 5.27. The standard InChI is InChI=1S/C23H32N2O4S/c1-18(26)15-24(11-6-13-28-2)16-23(27)25-12-9-22-20(10-14-30-22)21(25)17-29-19-7-4-3-5-8-19/h3-5,7-8,10,14,18,21,26H,6,9,11-13,15-17H2,1-2H3. The highest BCUT2D eigenvalue weighted by atomic mass is 32.1. The Hall–Kier alpha value is -1.93. The summed E-state index contributed by atoms with van der Waals surface area (Å²) in [5, 5.41) is 11.9. The molecule has 1 aliphatic rings. The van der Waals surface area contributed by atoms with Gasteiger partial charge in [0.2, 0.25) is 5.91 Å². The van der Waals surface area contributed by atoms with Gasteiger partial charge in [0.15, 0.2) is 0 Å². The minimum absolute atomic E-state index is 0.0755. The van der Waals surface area contributed by atoms with E-state index >= 15 is 0 Å². The monoisotopic (exact) mass is 432 g/mol. The number of benzene rings is 1. The van der Waals surface area contributed by atoms with E-state index in [1.54, 1.807) is 25.4 Å². The van der Waals surface area contributed by atoms with Crippen molar-refractivity contribution in [2.75, 3.05) is 46.5 Å². The van der Waals surface area contributed by atoms with Gasteiger partial charge in [-0.05, 0) is 48.9 Å². The molecule has 3 rings (SSSR count). The summed E-state index contributed by atoms with van der Waals surface area (Å²) in [4.78, 5) is 18.6. The number of hydrogen-bond donors (Lipinski definition) is 1. The Morgan fingerprint density at radius 1 is 1.33 bits per heavy atom. The van der Waals surface area contributed by atoms with Crippen molar-refractivity contribution in [3.8, 4) is 5.75 Å². The van der Waals surface area contributed by atoms with Gasteiger partial charge in [-0.2, -0.15) is 0 Å². The van der Waals surface area contributed by atoms with Crippen molar-refractivity contribution in [3.63, 3.8) is 0 Å². The number of carbonyl (C=O) groups is 1. The summed E-state index contributed by atoms with van der Waals surface area (Å²) >= 11 is 1.75. The number of para-hydroxylation sites is 1. The Bertz CT molecular complexity index is 781. The molecule has 0 radical (unpaired) electrons. The Labute approximate surface area is 183 Å². The lowest BCUT2D eigenvalue weighted by Gasteiger charge is -2.37. The zero-order chi connectivity index (χ0) is 21.3. The maximum atomic E-state index is 13.3. The van der Waals surface area contributed by atoms with Gasteiger partial charge in [-0.1, -0.05) is 18.2 Å². The minimum Gasteiger partial charge on any atom is -0.491 e. The van der Waals surface area contributed by atoms with Gasteiger partial charge in [-0.3, -0.25) is 9.69 Å². The lowest BCUT2D eigenvalue weighted by atomic mass is 10.0. The SMILES string of the molecule is COCCCN(CC(=O)N1CCc2sccc2C1COc1ccccc1)CC(C)O. The van der Waals surface area contributed by atoms with Crippen LogP contribution in [-0.2, 0) is 16.0 Å². The number of fused-ring (bicyclic) bond motifs is 1. The molecule has 0 spiro atoms. The van der Waals surface area contributed by atoms with E-state index in [0.717, 1.165) is 18.6 Å². The fourth-order valence-corrected chi connectivity index (χ4v) is 4.82. The predicted molar refractivity (Wildman–Crippen MR) is 119 cm³/mol. The molecule has 1 N–H and O–H groups in total. The molecule has 0 saturated carbocycles. The van der Waals surface area contributed by atoms with Crippen LogP contribution in [0.1, 0.15) is 29.8 Å².